The van der Waals surface area contributed by atoms with Crippen LogP contribution in [0, 0.1) is 27.2 Å². The first-order valence-electron chi connectivity index (χ1n) is 14.5. The molecule has 0 atom stereocenters. The van der Waals surface area contributed by atoms with E-state index in [9.17, 15) is 25.0 Å². The van der Waals surface area contributed by atoms with Gasteiger partial charge in [0.05, 0.1) is 19.6 Å². The van der Waals surface area contributed by atoms with Crippen molar-refractivity contribution in [1.82, 2.24) is 0 Å². The van der Waals surface area contributed by atoms with Crippen LogP contribution in [0.3, 0.4) is 0 Å². The topological polar surface area (TPSA) is 125 Å². The minimum Gasteiger partial charge on any atom is -0.444 e. The number of aryl methyl sites for hydroxylation is 1. The highest BCUT2D eigenvalue weighted by Gasteiger charge is 2.19. The zero-order valence-corrected chi connectivity index (χ0v) is 27.7. The predicted molar refractivity (Wildman–Crippen MR) is 186 cm³/mol. The summed E-state index contributed by atoms with van der Waals surface area (Å²) in [5.74, 6) is 0. The molecule has 1 N–H and O–H groups in total. The third-order valence-corrected chi connectivity index (χ3v) is 8.99. The Morgan fingerprint density at radius 2 is 1.04 bits per heavy atom. The van der Waals surface area contributed by atoms with Gasteiger partial charge in [0.25, 0.3) is 11.4 Å². The molecular formula is C36H31N3O6S2. The van der Waals surface area contributed by atoms with Gasteiger partial charge in [0.15, 0.2) is 0 Å². The Labute approximate surface area is 280 Å². The summed E-state index contributed by atoms with van der Waals surface area (Å²) in [6, 6.07) is 32.4. The van der Waals surface area contributed by atoms with Gasteiger partial charge < -0.3 is 4.74 Å². The van der Waals surface area contributed by atoms with E-state index < -0.39 is 16.6 Å². The Bertz CT molecular complexity index is 1940. The van der Waals surface area contributed by atoms with Crippen LogP contribution in [0.15, 0.2) is 129 Å². The number of hydrogen-bond acceptors (Lipinski definition) is 8. The maximum Gasteiger partial charge on any atom is 0.412 e. The van der Waals surface area contributed by atoms with Gasteiger partial charge in [-0.3, -0.25) is 25.5 Å². The van der Waals surface area contributed by atoms with E-state index in [1.165, 1.54) is 29.6 Å². The fourth-order valence-electron chi connectivity index (χ4n) is 4.59. The van der Waals surface area contributed by atoms with Gasteiger partial charge >= 0.3 is 6.09 Å². The summed E-state index contributed by atoms with van der Waals surface area (Å²) >= 11 is 2.59. The quantitative estimate of drug-likeness (QED) is 0.122. The third kappa shape index (κ3) is 8.78. The van der Waals surface area contributed by atoms with Crippen molar-refractivity contribution in [3.8, 4) is 22.3 Å². The Hall–Kier alpha value is -5.13. The maximum atomic E-state index is 12.0. The molecule has 0 radical (unpaired) electrons. The molecule has 9 nitrogen and oxygen atoms in total. The molecule has 0 spiro atoms. The highest BCUT2D eigenvalue weighted by molar-refractivity contribution is 7.99. The lowest BCUT2D eigenvalue weighted by atomic mass is 10.00. The largest absolute Gasteiger partial charge is 0.444 e. The molecule has 0 aliphatic carbocycles. The van der Waals surface area contributed by atoms with Crippen molar-refractivity contribution in [1.29, 1.82) is 0 Å². The number of hydrogen-bond donors (Lipinski definition) is 1. The molecule has 0 aliphatic heterocycles. The Balaban J connectivity index is 1.32. The van der Waals surface area contributed by atoms with Gasteiger partial charge in [-0.1, -0.05) is 77.6 Å². The molecule has 0 fully saturated rings. The molecule has 0 saturated heterocycles. The van der Waals surface area contributed by atoms with E-state index in [0.717, 1.165) is 26.5 Å². The highest BCUT2D eigenvalue weighted by atomic mass is 32.2. The Morgan fingerprint density at radius 3 is 1.45 bits per heavy atom. The molecule has 0 aliphatic rings. The zero-order valence-electron chi connectivity index (χ0n) is 26.1. The molecule has 5 aromatic carbocycles. The number of anilines is 1. The zero-order chi connectivity index (χ0) is 33.7. The van der Waals surface area contributed by atoms with Crippen LogP contribution < -0.4 is 5.32 Å². The lowest BCUT2D eigenvalue weighted by Gasteiger charge is -2.19. The van der Waals surface area contributed by atoms with Crippen LogP contribution in [-0.4, -0.2) is 21.5 Å². The first kappa shape index (κ1) is 33.2. The van der Waals surface area contributed by atoms with Crippen LogP contribution in [0.5, 0.6) is 0 Å². The van der Waals surface area contributed by atoms with Crippen LogP contribution in [0.25, 0.3) is 22.3 Å². The molecule has 11 heteroatoms. The number of nitro benzene ring substituents is 2. The Kier molecular flexibility index (Phi) is 9.97. The van der Waals surface area contributed by atoms with Gasteiger partial charge in [-0.15, -0.1) is 0 Å². The van der Waals surface area contributed by atoms with E-state index in [4.69, 9.17) is 4.74 Å². The number of nitrogens with one attached hydrogen (secondary N) is 1. The fourth-order valence-corrected chi connectivity index (χ4v) is 6.40. The number of benzene rings is 5. The summed E-state index contributed by atoms with van der Waals surface area (Å²) in [7, 11) is 0. The number of ether oxygens (including phenoxy) is 1. The third-order valence-electron chi connectivity index (χ3n) is 6.84. The molecule has 0 aromatic heterocycles. The molecule has 238 valence electrons. The smallest absolute Gasteiger partial charge is 0.412 e. The number of nitrogens with zero attached hydrogens (tertiary/aromatic N) is 2. The second kappa shape index (κ2) is 14.1. The summed E-state index contributed by atoms with van der Waals surface area (Å²) in [5.41, 5.74) is 3.95. The van der Waals surface area contributed by atoms with Crippen molar-refractivity contribution >= 4 is 46.7 Å². The predicted octanol–water partition coefficient (Wildman–Crippen LogP) is 10.8. The second-order valence-electron chi connectivity index (χ2n) is 11.6. The average molecular weight is 666 g/mol. The molecule has 0 unspecified atom stereocenters. The minimum absolute atomic E-state index is 0.0230. The van der Waals surface area contributed by atoms with Crippen LogP contribution in [0.4, 0.5) is 21.9 Å². The molecule has 0 saturated carbocycles. The summed E-state index contributed by atoms with van der Waals surface area (Å²) in [6.45, 7) is 7.33. The van der Waals surface area contributed by atoms with Crippen LogP contribution in [-0.2, 0) is 4.74 Å². The van der Waals surface area contributed by atoms with E-state index >= 15 is 0 Å². The Morgan fingerprint density at radius 1 is 0.638 bits per heavy atom. The lowest BCUT2D eigenvalue weighted by Crippen LogP contribution is -2.27. The van der Waals surface area contributed by atoms with E-state index in [-0.39, 0.29) is 16.3 Å². The molecule has 1 amide bonds. The summed E-state index contributed by atoms with van der Waals surface area (Å²) in [6.07, 6.45) is -0.565. The lowest BCUT2D eigenvalue weighted by molar-refractivity contribution is -0.387. The van der Waals surface area contributed by atoms with Gasteiger partial charge in [0, 0.05) is 27.6 Å². The standard InChI is InChI=1S/C36H31N3O6S2/c1-23-5-15-29(16-6-23)46-33-19-11-26(21-31(33)38(41)42)24-7-9-25(10-8-24)27-12-20-34(32(22-27)39(43)44)47-30-17-13-28(14-18-30)37-35(40)45-36(2,3)4/h5-22H,1-4H3,(H,37,40). The first-order chi connectivity index (χ1) is 22.3. The van der Waals surface area contributed by atoms with E-state index in [2.05, 4.69) is 5.32 Å². The van der Waals surface area contributed by atoms with Gasteiger partial charge in [0.1, 0.15) is 5.60 Å². The highest BCUT2D eigenvalue weighted by Crippen LogP contribution is 2.40. The van der Waals surface area contributed by atoms with Crippen molar-refractivity contribution in [3.05, 3.63) is 135 Å². The maximum absolute atomic E-state index is 12.0. The molecule has 5 aromatic rings. The molecule has 5 rings (SSSR count). The van der Waals surface area contributed by atoms with Gasteiger partial charge in [0.2, 0.25) is 0 Å². The monoisotopic (exact) mass is 665 g/mol. The SMILES string of the molecule is Cc1ccc(Sc2ccc(-c3ccc(-c4ccc(Sc5ccc(NC(=O)OC(C)(C)C)cc5)c([N+](=O)[O-])c4)cc3)cc2[N+](=O)[O-])cc1. The second-order valence-corrected chi connectivity index (χ2v) is 13.9. The van der Waals surface area contributed by atoms with Crippen molar-refractivity contribution in [2.45, 2.75) is 52.9 Å². The number of carbonyl (C=O) groups excluding carboxylic acids is 1. The van der Waals surface area contributed by atoms with Gasteiger partial charge in [-0.2, -0.15) is 0 Å². The summed E-state index contributed by atoms with van der Waals surface area (Å²) in [4.78, 5) is 37.9. The number of rotatable bonds is 9. The normalized spacial score (nSPS) is 11.1. The van der Waals surface area contributed by atoms with Crippen LogP contribution >= 0.6 is 23.5 Å². The molecule has 47 heavy (non-hydrogen) atoms. The van der Waals surface area contributed by atoms with Crippen molar-refractivity contribution in [2.24, 2.45) is 0 Å². The van der Waals surface area contributed by atoms with Gasteiger partial charge in [-0.05, 0) is 98.5 Å². The van der Waals surface area contributed by atoms with E-state index in [1.54, 1.807) is 63.2 Å². The van der Waals surface area contributed by atoms with E-state index in [0.29, 0.717) is 26.6 Å². The van der Waals surface area contributed by atoms with Crippen molar-refractivity contribution in [2.75, 3.05) is 5.32 Å². The van der Waals surface area contributed by atoms with Gasteiger partial charge in [-0.25, -0.2) is 4.79 Å². The minimum atomic E-state index is -0.621. The average Bonchev–Trinajstić information content (AvgIpc) is 3.02. The van der Waals surface area contributed by atoms with Crippen LogP contribution in [0.1, 0.15) is 26.3 Å². The fraction of sp³-hybridized carbons (Fsp3) is 0.139. The van der Waals surface area contributed by atoms with Crippen molar-refractivity contribution in [3.63, 3.8) is 0 Å². The molecule has 0 bridgehead atoms. The molecular weight excluding hydrogens is 635 g/mol. The van der Waals surface area contributed by atoms with Crippen molar-refractivity contribution < 1.29 is 19.4 Å². The van der Waals surface area contributed by atoms with Crippen LogP contribution in [0.2, 0.25) is 0 Å². The number of amides is 1. The number of nitro groups is 2. The first-order valence-corrected chi connectivity index (χ1v) is 16.2. The summed E-state index contributed by atoms with van der Waals surface area (Å²) < 4.78 is 5.27. The van der Waals surface area contributed by atoms with E-state index in [1.807, 2.05) is 67.6 Å². The number of carbonyl (C=O) groups is 1. The molecule has 0 heterocycles. The summed E-state index contributed by atoms with van der Waals surface area (Å²) in [5, 5.41) is 26.6.